The van der Waals surface area contributed by atoms with Gasteiger partial charge in [0.05, 0.1) is 0 Å². The Morgan fingerprint density at radius 1 is 0.710 bits per heavy atom. The molecule has 4 heteroatoms. The standard InChI is InChI=1S/C27H36O4/c1-14(2)25(7)13-27(18-12-21(30)20(29)11-17(18)25)16-9-10-19(28)23(31)22(16)26(8,15(3)4)24(27,5)6/h9-12,14-15,28-31H,13H2,1-8H3. The Labute approximate surface area is 185 Å². The average Bonchev–Trinajstić information content (AvgIpc) is 3.02. The molecular weight excluding hydrogens is 388 g/mol. The SMILES string of the molecule is CC(C)C1(C)CC2(c3cc(O)c(O)cc31)c1ccc(O)c(O)c1C(C)(C(C)C)C2(C)C. The lowest BCUT2D eigenvalue weighted by atomic mass is 9.51. The minimum absolute atomic E-state index is 0.0404. The van der Waals surface area contributed by atoms with Gasteiger partial charge in [0, 0.05) is 16.4 Å². The van der Waals surface area contributed by atoms with Gasteiger partial charge in [-0.2, -0.15) is 0 Å². The van der Waals surface area contributed by atoms with Crippen LogP contribution in [0.3, 0.4) is 0 Å². The molecule has 4 N–H and O–H groups in total. The maximum absolute atomic E-state index is 11.1. The summed E-state index contributed by atoms with van der Waals surface area (Å²) in [5.41, 5.74) is 2.37. The van der Waals surface area contributed by atoms with Gasteiger partial charge in [-0.3, -0.25) is 0 Å². The molecule has 0 fully saturated rings. The Balaban J connectivity index is 2.22. The van der Waals surface area contributed by atoms with Crippen LogP contribution in [0.2, 0.25) is 0 Å². The predicted octanol–water partition coefficient (Wildman–Crippen LogP) is 6.07. The molecule has 0 bridgehead atoms. The monoisotopic (exact) mass is 424 g/mol. The molecule has 1 spiro atoms. The third kappa shape index (κ3) is 2.21. The van der Waals surface area contributed by atoms with Gasteiger partial charge in [0.25, 0.3) is 0 Å². The smallest absolute Gasteiger partial charge is 0.161 e. The van der Waals surface area contributed by atoms with E-state index in [-0.39, 0.29) is 39.7 Å². The van der Waals surface area contributed by atoms with Crippen LogP contribution in [-0.2, 0) is 16.2 Å². The summed E-state index contributed by atoms with van der Waals surface area (Å²) >= 11 is 0. The molecule has 31 heavy (non-hydrogen) atoms. The van der Waals surface area contributed by atoms with Crippen LogP contribution < -0.4 is 0 Å². The molecule has 0 heterocycles. The molecule has 4 rings (SSSR count). The number of fused-ring (bicyclic) bond motifs is 4. The second-order valence-corrected chi connectivity index (χ2v) is 11.4. The van der Waals surface area contributed by atoms with Crippen molar-refractivity contribution in [2.75, 3.05) is 0 Å². The highest BCUT2D eigenvalue weighted by Gasteiger charge is 2.70. The minimum Gasteiger partial charge on any atom is -0.504 e. The van der Waals surface area contributed by atoms with Gasteiger partial charge in [0.2, 0.25) is 0 Å². The Morgan fingerprint density at radius 2 is 1.26 bits per heavy atom. The van der Waals surface area contributed by atoms with E-state index < -0.39 is 10.8 Å². The molecule has 2 aromatic carbocycles. The van der Waals surface area contributed by atoms with E-state index in [4.69, 9.17) is 0 Å². The zero-order valence-electron chi connectivity index (χ0n) is 20.0. The van der Waals surface area contributed by atoms with Gasteiger partial charge < -0.3 is 20.4 Å². The molecule has 2 aromatic rings. The number of benzene rings is 2. The Kier molecular flexibility index (Phi) is 4.31. The van der Waals surface area contributed by atoms with Crippen molar-refractivity contribution in [3.8, 4) is 23.0 Å². The third-order valence-electron chi connectivity index (χ3n) is 9.75. The Bertz CT molecular complexity index is 1080. The number of rotatable bonds is 2. The van der Waals surface area contributed by atoms with Crippen molar-refractivity contribution in [2.45, 2.75) is 78.1 Å². The average molecular weight is 425 g/mol. The molecule has 0 saturated carbocycles. The highest BCUT2D eigenvalue weighted by atomic mass is 16.3. The zero-order chi connectivity index (χ0) is 23.3. The lowest BCUT2D eigenvalue weighted by Crippen LogP contribution is -2.50. The van der Waals surface area contributed by atoms with Gasteiger partial charge in [-0.05, 0) is 64.0 Å². The predicted molar refractivity (Wildman–Crippen MR) is 123 cm³/mol. The van der Waals surface area contributed by atoms with E-state index in [2.05, 4.69) is 55.4 Å². The van der Waals surface area contributed by atoms with Crippen molar-refractivity contribution in [1.82, 2.24) is 0 Å². The summed E-state index contributed by atoms with van der Waals surface area (Å²) in [6, 6.07) is 7.02. The number of hydrogen-bond donors (Lipinski definition) is 4. The molecule has 2 aliphatic rings. The van der Waals surface area contributed by atoms with E-state index in [1.54, 1.807) is 18.2 Å². The van der Waals surface area contributed by atoms with Gasteiger partial charge in [0.15, 0.2) is 23.0 Å². The van der Waals surface area contributed by atoms with Crippen molar-refractivity contribution in [3.63, 3.8) is 0 Å². The van der Waals surface area contributed by atoms with E-state index in [0.717, 1.165) is 28.7 Å². The van der Waals surface area contributed by atoms with E-state index in [9.17, 15) is 20.4 Å². The van der Waals surface area contributed by atoms with Crippen LogP contribution in [0.15, 0.2) is 24.3 Å². The summed E-state index contributed by atoms with van der Waals surface area (Å²) < 4.78 is 0. The first-order valence-electron chi connectivity index (χ1n) is 11.3. The largest absolute Gasteiger partial charge is 0.504 e. The summed E-state index contributed by atoms with van der Waals surface area (Å²) in [7, 11) is 0. The first-order valence-corrected chi connectivity index (χ1v) is 11.3. The first-order chi connectivity index (χ1) is 14.2. The summed E-state index contributed by atoms with van der Waals surface area (Å²) in [5.74, 6) is 0.126. The lowest BCUT2D eigenvalue weighted by molar-refractivity contribution is 0.0626. The molecule has 3 atom stereocenters. The number of phenolic OH excluding ortho intramolecular Hbond substituents is 4. The second-order valence-electron chi connectivity index (χ2n) is 11.4. The second kappa shape index (κ2) is 6.11. The Morgan fingerprint density at radius 3 is 1.77 bits per heavy atom. The van der Waals surface area contributed by atoms with Crippen molar-refractivity contribution < 1.29 is 20.4 Å². The van der Waals surface area contributed by atoms with E-state index in [1.807, 2.05) is 6.07 Å². The van der Waals surface area contributed by atoms with Crippen LogP contribution in [0.25, 0.3) is 0 Å². The molecular formula is C27H36O4. The Hall–Kier alpha value is -2.36. The minimum atomic E-state index is -0.494. The van der Waals surface area contributed by atoms with Crippen LogP contribution in [0.4, 0.5) is 0 Å². The molecule has 0 aliphatic heterocycles. The van der Waals surface area contributed by atoms with Crippen molar-refractivity contribution in [3.05, 3.63) is 46.5 Å². The van der Waals surface area contributed by atoms with Gasteiger partial charge >= 0.3 is 0 Å². The topological polar surface area (TPSA) is 80.9 Å². The van der Waals surface area contributed by atoms with E-state index >= 15 is 0 Å². The fourth-order valence-electron chi connectivity index (χ4n) is 7.02. The van der Waals surface area contributed by atoms with Gasteiger partial charge in [-0.15, -0.1) is 0 Å². The maximum Gasteiger partial charge on any atom is 0.161 e. The maximum atomic E-state index is 11.1. The highest BCUT2D eigenvalue weighted by Crippen LogP contribution is 2.75. The third-order valence-corrected chi connectivity index (χ3v) is 9.75. The van der Waals surface area contributed by atoms with Crippen molar-refractivity contribution in [1.29, 1.82) is 0 Å². The molecule has 0 aromatic heterocycles. The van der Waals surface area contributed by atoms with Gasteiger partial charge in [-0.25, -0.2) is 0 Å². The molecule has 4 nitrogen and oxygen atoms in total. The van der Waals surface area contributed by atoms with Crippen LogP contribution in [-0.4, -0.2) is 20.4 Å². The van der Waals surface area contributed by atoms with Gasteiger partial charge in [0.1, 0.15) is 0 Å². The van der Waals surface area contributed by atoms with Gasteiger partial charge in [-0.1, -0.05) is 61.5 Å². The number of hydrogen-bond acceptors (Lipinski definition) is 4. The van der Waals surface area contributed by atoms with Crippen LogP contribution >= 0.6 is 0 Å². The summed E-state index contributed by atoms with van der Waals surface area (Å²) in [6.07, 6.45) is 0.794. The number of phenols is 4. The van der Waals surface area contributed by atoms with Crippen molar-refractivity contribution >= 4 is 0 Å². The summed E-state index contributed by atoms with van der Waals surface area (Å²) in [5, 5.41) is 42.5. The summed E-state index contributed by atoms with van der Waals surface area (Å²) in [6.45, 7) is 17.7. The van der Waals surface area contributed by atoms with Crippen LogP contribution in [0, 0.1) is 17.3 Å². The van der Waals surface area contributed by atoms with Crippen LogP contribution in [0.1, 0.15) is 84.1 Å². The molecule has 0 amide bonds. The summed E-state index contributed by atoms with van der Waals surface area (Å²) in [4.78, 5) is 0. The molecule has 168 valence electrons. The molecule has 3 unspecified atom stereocenters. The van der Waals surface area contributed by atoms with E-state index in [1.165, 1.54) is 0 Å². The number of aromatic hydroxyl groups is 4. The quantitative estimate of drug-likeness (QED) is 0.441. The fraction of sp³-hybridized carbons (Fsp3) is 0.556. The zero-order valence-corrected chi connectivity index (χ0v) is 20.0. The molecule has 0 saturated heterocycles. The highest BCUT2D eigenvalue weighted by molar-refractivity contribution is 5.69. The molecule has 0 radical (unpaired) electrons. The fourth-order valence-corrected chi connectivity index (χ4v) is 7.02. The van der Waals surface area contributed by atoms with Crippen LogP contribution in [0.5, 0.6) is 23.0 Å². The normalized spacial score (nSPS) is 30.9. The van der Waals surface area contributed by atoms with E-state index in [0.29, 0.717) is 5.92 Å². The van der Waals surface area contributed by atoms with Crippen molar-refractivity contribution in [2.24, 2.45) is 17.3 Å². The first kappa shape index (κ1) is 21.9. The lowest BCUT2D eigenvalue weighted by Gasteiger charge is -2.51. The molecule has 2 aliphatic carbocycles.